The fraction of sp³-hybridized carbons (Fsp3) is 0.895. The minimum Gasteiger partial charge on any atom is -0.353 e. The zero-order valence-electron chi connectivity index (χ0n) is 14.1. The van der Waals surface area contributed by atoms with Crippen LogP contribution < -0.4 is 5.32 Å². The third kappa shape index (κ3) is 3.56. The van der Waals surface area contributed by atoms with Gasteiger partial charge in [-0.05, 0) is 43.9 Å². The Labute approximate surface area is 139 Å². The first kappa shape index (κ1) is 15.5. The van der Waals surface area contributed by atoms with Crippen LogP contribution in [-0.4, -0.2) is 35.8 Å². The molecule has 0 aromatic heterocycles. The van der Waals surface area contributed by atoms with Crippen molar-refractivity contribution < 1.29 is 9.59 Å². The van der Waals surface area contributed by atoms with Gasteiger partial charge in [0, 0.05) is 25.0 Å². The number of likely N-dealkylation sites (tertiary alicyclic amines) is 1. The van der Waals surface area contributed by atoms with Gasteiger partial charge in [0.1, 0.15) is 0 Å². The van der Waals surface area contributed by atoms with Gasteiger partial charge in [0.15, 0.2) is 0 Å². The Hall–Kier alpha value is -1.06. The summed E-state index contributed by atoms with van der Waals surface area (Å²) in [5.74, 6) is 2.41. The van der Waals surface area contributed by atoms with Crippen molar-refractivity contribution in [1.82, 2.24) is 10.2 Å². The summed E-state index contributed by atoms with van der Waals surface area (Å²) in [6.45, 7) is 1.51. The number of carbonyl (C=O) groups is 2. The number of hydrogen-bond donors (Lipinski definition) is 1. The summed E-state index contributed by atoms with van der Waals surface area (Å²) < 4.78 is 0. The molecule has 1 N–H and O–H groups in total. The number of nitrogens with zero attached hydrogens (tertiary/aromatic N) is 1. The first-order chi connectivity index (χ1) is 11.2. The number of amides is 2. The summed E-state index contributed by atoms with van der Waals surface area (Å²) in [7, 11) is 0. The zero-order chi connectivity index (χ0) is 15.8. The number of hydrogen-bond acceptors (Lipinski definition) is 2. The number of nitrogens with one attached hydrogen (secondary N) is 1. The van der Waals surface area contributed by atoms with E-state index in [0.717, 1.165) is 44.1 Å². The van der Waals surface area contributed by atoms with Crippen LogP contribution in [0.3, 0.4) is 0 Å². The van der Waals surface area contributed by atoms with E-state index in [0.29, 0.717) is 18.5 Å². The van der Waals surface area contributed by atoms with Gasteiger partial charge >= 0.3 is 0 Å². The molecule has 1 saturated heterocycles. The van der Waals surface area contributed by atoms with Crippen LogP contribution in [-0.2, 0) is 9.59 Å². The molecule has 4 heteroatoms. The van der Waals surface area contributed by atoms with Crippen LogP contribution in [0.4, 0.5) is 0 Å². The molecule has 4 nitrogen and oxygen atoms in total. The third-order valence-electron chi connectivity index (χ3n) is 6.45. The molecule has 2 amide bonds. The van der Waals surface area contributed by atoms with Gasteiger partial charge in [-0.1, -0.05) is 32.1 Å². The average molecular weight is 318 g/mol. The van der Waals surface area contributed by atoms with Crippen molar-refractivity contribution in [2.24, 2.45) is 23.7 Å². The Morgan fingerprint density at radius 2 is 1.65 bits per heavy atom. The molecule has 3 aliphatic carbocycles. The topological polar surface area (TPSA) is 49.4 Å². The molecule has 4 rings (SSSR count). The number of carbonyl (C=O) groups excluding carboxylic acids is 2. The lowest BCUT2D eigenvalue weighted by Gasteiger charge is -2.32. The van der Waals surface area contributed by atoms with E-state index in [4.69, 9.17) is 0 Å². The summed E-state index contributed by atoms with van der Waals surface area (Å²) >= 11 is 0. The predicted octanol–water partition coefficient (Wildman–Crippen LogP) is 2.72. The molecule has 0 radical (unpaired) electrons. The molecule has 3 atom stereocenters. The molecule has 4 aliphatic rings. The maximum Gasteiger partial charge on any atom is 0.225 e. The second kappa shape index (κ2) is 6.45. The summed E-state index contributed by atoms with van der Waals surface area (Å²) in [6.07, 6.45) is 12.1. The van der Waals surface area contributed by atoms with Crippen molar-refractivity contribution >= 4 is 11.8 Å². The normalized spacial score (nSPS) is 35.0. The van der Waals surface area contributed by atoms with Crippen LogP contribution in [0.1, 0.15) is 64.2 Å². The summed E-state index contributed by atoms with van der Waals surface area (Å²) in [5, 5.41) is 3.30. The lowest BCUT2D eigenvalue weighted by Crippen LogP contribution is -2.46. The fourth-order valence-corrected chi connectivity index (χ4v) is 4.74. The quantitative estimate of drug-likeness (QED) is 0.866. The highest BCUT2D eigenvalue weighted by Crippen LogP contribution is 2.44. The smallest absolute Gasteiger partial charge is 0.225 e. The van der Waals surface area contributed by atoms with Crippen molar-refractivity contribution in [2.45, 2.75) is 70.3 Å². The van der Waals surface area contributed by atoms with Crippen molar-refractivity contribution in [3.05, 3.63) is 0 Å². The van der Waals surface area contributed by atoms with Gasteiger partial charge in [0.05, 0.1) is 5.92 Å². The second-order valence-electron chi connectivity index (χ2n) is 8.31. The monoisotopic (exact) mass is 318 g/mol. The molecule has 3 unspecified atom stereocenters. The van der Waals surface area contributed by atoms with E-state index in [1.807, 2.05) is 4.90 Å². The van der Waals surface area contributed by atoms with Crippen LogP contribution in [0.15, 0.2) is 0 Å². The SMILES string of the molecule is O=C(NC1CC1C1CCCCC1)C1CCCN(C(=O)C2CC2)C1. The van der Waals surface area contributed by atoms with Gasteiger partial charge in [-0.2, -0.15) is 0 Å². The van der Waals surface area contributed by atoms with Gasteiger partial charge in [-0.3, -0.25) is 9.59 Å². The fourth-order valence-electron chi connectivity index (χ4n) is 4.74. The first-order valence-electron chi connectivity index (χ1n) is 9.81. The van der Waals surface area contributed by atoms with E-state index >= 15 is 0 Å². The molecule has 128 valence electrons. The van der Waals surface area contributed by atoms with Crippen LogP contribution in [0, 0.1) is 23.7 Å². The standard InChI is InChI=1S/C19H30N2O2/c22-18(20-17-11-16(17)13-5-2-1-3-6-13)15-7-4-10-21(12-15)19(23)14-8-9-14/h13-17H,1-12H2,(H,20,22). The minimum absolute atomic E-state index is 0.0269. The van der Waals surface area contributed by atoms with Crippen molar-refractivity contribution in [3.8, 4) is 0 Å². The Kier molecular flexibility index (Phi) is 4.33. The number of piperidine rings is 1. The predicted molar refractivity (Wildman–Crippen MR) is 88.6 cm³/mol. The lowest BCUT2D eigenvalue weighted by molar-refractivity contribution is -0.136. The molecular formula is C19H30N2O2. The Morgan fingerprint density at radius 3 is 2.39 bits per heavy atom. The van der Waals surface area contributed by atoms with E-state index in [1.165, 1.54) is 38.5 Å². The maximum absolute atomic E-state index is 12.6. The second-order valence-corrected chi connectivity index (χ2v) is 8.31. The largest absolute Gasteiger partial charge is 0.353 e. The molecule has 0 spiro atoms. The van der Waals surface area contributed by atoms with Crippen LogP contribution in [0.25, 0.3) is 0 Å². The molecule has 0 aromatic carbocycles. The van der Waals surface area contributed by atoms with Gasteiger partial charge in [-0.15, -0.1) is 0 Å². The van der Waals surface area contributed by atoms with E-state index in [1.54, 1.807) is 0 Å². The van der Waals surface area contributed by atoms with Crippen LogP contribution >= 0.6 is 0 Å². The van der Waals surface area contributed by atoms with Crippen molar-refractivity contribution in [3.63, 3.8) is 0 Å². The Bertz CT molecular complexity index is 468. The third-order valence-corrected chi connectivity index (χ3v) is 6.45. The molecule has 0 aromatic rings. The zero-order valence-corrected chi connectivity index (χ0v) is 14.1. The van der Waals surface area contributed by atoms with Crippen LogP contribution in [0.2, 0.25) is 0 Å². The van der Waals surface area contributed by atoms with Gasteiger partial charge < -0.3 is 10.2 Å². The van der Waals surface area contributed by atoms with Crippen LogP contribution in [0.5, 0.6) is 0 Å². The molecule has 1 heterocycles. The maximum atomic E-state index is 12.6. The highest BCUT2D eigenvalue weighted by Gasteiger charge is 2.45. The molecule has 0 bridgehead atoms. The highest BCUT2D eigenvalue weighted by atomic mass is 16.2. The molecule has 3 saturated carbocycles. The van der Waals surface area contributed by atoms with E-state index in [2.05, 4.69) is 5.32 Å². The molecule has 4 fully saturated rings. The minimum atomic E-state index is 0.0269. The Balaban J connectivity index is 1.25. The first-order valence-corrected chi connectivity index (χ1v) is 9.81. The lowest BCUT2D eigenvalue weighted by atomic mass is 9.85. The van der Waals surface area contributed by atoms with E-state index < -0.39 is 0 Å². The average Bonchev–Trinajstić information content (AvgIpc) is 3.49. The van der Waals surface area contributed by atoms with Crippen molar-refractivity contribution in [2.75, 3.05) is 13.1 Å². The molecule has 23 heavy (non-hydrogen) atoms. The molecular weight excluding hydrogens is 288 g/mol. The summed E-state index contributed by atoms with van der Waals surface area (Å²) in [6, 6.07) is 0.431. The summed E-state index contributed by atoms with van der Waals surface area (Å²) in [5.41, 5.74) is 0. The Morgan fingerprint density at radius 1 is 0.870 bits per heavy atom. The van der Waals surface area contributed by atoms with E-state index in [-0.39, 0.29) is 17.7 Å². The summed E-state index contributed by atoms with van der Waals surface area (Å²) in [4.78, 5) is 26.8. The van der Waals surface area contributed by atoms with Gasteiger partial charge in [-0.25, -0.2) is 0 Å². The van der Waals surface area contributed by atoms with E-state index in [9.17, 15) is 9.59 Å². The van der Waals surface area contributed by atoms with Gasteiger partial charge in [0.25, 0.3) is 0 Å². The van der Waals surface area contributed by atoms with Crippen molar-refractivity contribution in [1.29, 1.82) is 0 Å². The number of rotatable bonds is 4. The highest BCUT2D eigenvalue weighted by molar-refractivity contribution is 5.83. The van der Waals surface area contributed by atoms with Gasteiger partial charge in [0.2, 0.25) is 11.8 Å². The molecule has 1 aliphatic heterocycles.